The molecule has 220 valence electrons. The lowest BCUT2D eigenvalue weighted by molar-refractivity contribution is -0.142. The summed E-state index contributed by atoms with van der Waals surface area (Å²) in [5.74, 6) is 1.60. The summed E-state index contributed by atoms with van der Waals surface area (Å²) in [6.45, 7) is 11.9. The van der Waals surface area contributed by atoms with Gasteiger partial charge in [-0.3, -0.25) is 9.59 Å². The van der Waals surface area contributed by atoms with Gasteiger partial charge >= 0.3 is 0 Å². The van der Waals surface area contributed by atoms with Crippen LogP contribution in [0.1, 0.15) is 63.7 Å². The van der Waals surface area contributed by atoms with Gasteiger partial charge in [0.2, 0.25) is 0 Å². The highest BCUT2D eigenvalue weighted by Gasteiger charge is 2.40. The Bertz CT molecular complexity index is 935. The van der Waals surface area contributed by atoms with Gasteiger partial charge in [-0.1, -0.05) is 13.8 Å². The molecule has 2 fully saturated rings. The van der Waals surface area contributed by atoms with Crippen molar-refractivity contribution in [1.82, 2.24) is 15.1 Å². The van der Waals surface area contributed by atoms with Crippen molar-refractivity contribution in [2.75, 3.05) is 53.6 Å². The van der Waals surface area contributed by atoms with Gasteiger partial charge in [0, 0.05) is 64.0 Å². The molecule has 3 atom stereocenters. The predicted molar refractivity (Wildman–Crippen MR) is 151 cm³/mol. The number of aliphatic hydroxyl groups excluding tert-OH is 1. The summed E-state index contributed by atoms with van der Waals surface area (Å²) >= 11 is 0. The zero-order valence-corrected chi connectivity index (χ0v) is 24.7. The first-order chi connectivity index (χ1) is 18.7. The Morgan fingerprint density at radius 1 is 1.03 bits per heavy atom. The number of methoxy groups -OCH3 is 2. The van der Waals surface area contributed by atoms with E-state index in [4.69, 9.17) is 14.2 Å². The monoisotopic (exact) mass is 547 g/mol. The van der Waals surface area contributed by atoms with Crippen molar-refractivity contribution < 1.29 is 28.9 Å². The average molecular weight is 548 g/mol. The summed E-state index contributed by atoms with van der Waals surface area (Å²) in [7, 11) is 3.24. The van der Waals surface area contributed by atoms with Gasteiger partial charge in [0.1, 0.15) is 6.10 Å². The number of ether oxygens (including phenoxy) is 3. The predicted octanol–water partition coefficient (Wildman–Crippen LogP) is 3.19. The Kier molecular flexibility index (Phi) is 11.9. The van der Waals surface area contributed by atoms with E-state index in [9.17, 15) is 14.7 Å². The highest BCUT2D eigenvalue weighted by atomic mass is 16.5. The second-order valence-electron chi connectivity index (χ2n) is 11.7. The molecule has 1 aliphatic carbocycles. The molecule has 1 unspecified atom stereocenters. The SMILES string of the molecule is COCCCOc1cc(C(=O)N(C[C@@H]2CNC[C@H]2CN(C(=O)C(O)CC(C)C)C2CC2)C(C)C)ccc1OC. The van der Waals surface area contributed by atoms with E-state index < -0.39 is 6.10 Å². The van der Waals surface area contributed by atoms with Gasteiger partial charge in [-0.2, -0.15) is 0 Å². The molecule has 3 rings (SSSR count). The van der Waals surface area contributed by atoms with E-state index in [1.54, 1.807) is 32.4 Å². The summed E-state index contributed by atoms with van der Waals surface area (Å²) in [6.07, 6.45) is 2.25. The Morgan fingerprint density at radius 3 is 2.31 bits per heavy atom. The number of benzene rings is 1. The van der Waals surface area contributed by atoms with Crippen LogP contribution in [-0.4, -0.2) is 98.5 Å². The summed E-state index contributed by atoms with van der Waals surface area (Å²) in [5.41, 5.74) is 0.556. The molecule has 2 aliphatic rings. The highest BCUT2D eigenvalue weighted by molar-refractivity contribution is 5.95. The molecule has 0 bridgehead atoms. The van der Waals surface area contributed by atoms with Crippen LogP contribution in [0.4, 0.5) is 0 Å². The minimum absolute atomic E-state index is 0.000883. The first-order valence-corrected chi connectivity index (χ1v) is 14.5. The van der Waals surface area contributed by atoms with Crippen LogP contribution in [0.25, 0.3) is 0 Å². The quantitative estimate of drug-likeness (QED) is 0.307. The highest BCUT2D eigenvalue weighted by Crippen LogP contribution is 2.32. The van der Waals surface area contributed by atoms with Gasteiger partial charge in [-0.25, -0.2) is 0 Å². The van der Waals surface area contributed by atoms with Gasteiger partial charge in [0.05, 0.1) is 13.7 Å². The lowest BCUT2D eigenvalue weighted by Gasteiger charge is -2.34. The molecule has 0 radical (unpaired) electrons. The molecule has 2 amide bonds. The lowest BCUT2D eigenvalue weighted by atomic mass is 9.93. The number of nitrogens with one attached hydrogen (secondary N) is 1. The molecule has 1 saturated heterocycles. The van der Waals surface area contributed by atoms with E-state index in [0.717, 1.165) is 32.4 Å². The maximum Gasteiger partial charge on any atom is 0.254 e. The van der Waals surface area contributed by atoms with Crippen LogP contribution in [0.15, 0.2) is 18.2 Å². The second kappa shape index (κ2) is 14.9. The van der Waals surface area contributed by atoms with Crippen molar-refractivity contribution in [1.29, 1.82) is 0 Å². The van der Waals surface area contributed by atoms with E-state index >= 15 is 0 Å². The summed E-state index contributed by atoms with van der Waals surface area (Å²) in [6, 6.07) is 5.55. The fourth-order valence-electron chi connectivity index (χ4n) is 5.27. The number of amides is 2. The fraction of sp³-hybridized carbons (Fsp3) is 0.733. The van der Waals surface area contributed by atoms with Crippen molar-refractivity contribution in [2.45, 2.75) is 71.6 Å². The Morgan fingerprint density at radius 2 is 1.72 bits per heavy atom. The van der Waals surface area contributed by atoms with Crippen LogP contribution >= 0.6 is 0 Å². The maximum atomic E-state index is 13.7. The number of hydrogen-bond donors (Lipinski definition) is 2. The molecule has 1 heterocycles. The van der Waals surface area contributed by atoms with Crippen LogP contribution in [-0.2, 0) is 9.53 Å². The number of aliphatic hydroxyl groups is 1. The van der Waals surface area contributed by atoms with Crippen LogP contribution in [0.3, 0.4) is 0 Å². The fourth-order valence-corrected chi connectivity index (χ4v) is 5.27. The molecule has 2 N–H and O–H groups in total. The van der Waals surface area contributed by atoms with Crippen molar-refractivity contribution in [3.8, 4) is 11.5 Å². The number of carbonyl (C=O) groups is 2. The number of hydrogen-bond acceptors (Lipinski definition) is 7. The molecule has 0 spiro atoms. The molecular weight excluding hydrogens is 498 g/mol. The van der Waals surface area contributed by atoms with Crippen molar-refractivity contribution in [3.63, 3.8) is 0 Å². The van der Waals surface area contributed by atoms with E-state index in [0.29, 0.717) is 49.8 Å². The summed E-state index contributed by atoms with van der Waals surface area (Å²) in [5, 5.41) is 14.0. The van der Waals surface area contributed by atoms with Crippen LogP contribution < -0.4 is 14.8 Å². The molecule has 39 heavy (non-hydrogen) atoms. The van der Waals surface area contributed by atoms with Gasteiger partial charge in [0.15, 0.2) is 11.5 Å². The standard InChI is InChI=1S/C30H49N3O6/c1-20(2)14-26(34)30(36)33(25-9-10-25)19-24-17-31-16-23(24)18-32(21(3)4)29(35)22-8-11-27(38-6)28(15-22)39-13-7-12-37-5/h8,11,15,20-21,23-26,31,34H,7,9-10,12-14,16-19H2,1-6H3/t23-,24-,26?/m0/s1. The second-order valence-corrected chi connectivity index (χ2v) is 11.7. The third-order valence-electron chi connectivity index (χ3n) is 7.64. The van der Waals surface area contributed by atoms with Crippen LogP contribution in [0.2, 0.25) is 0 Å². The molecule has 1 aliphatic heterocycles. The van der Waals surface area contributed by atoms with Crippen molar-refractivity contribution in [2.24, 2.45) is 17.8 Å². The Hall–Kier alpha value is -2.36. The van der Waals surface area contributed by atoms with Gasteiger partial charge in [-0.15, -0.1) is 0 Å². The van der Waals surface area contributed by atoms with E-state index in [1.807, 2.05) is 37.5 Å². The maximum absolute atomic E-state index is 13.7. The molecule has 1 aromatic rings. The molecule has 9 heteroatoms. The van der Waals surface area contributed by atoms with E-state index in [-0.39, 0.29) is 41.7 Å². The van der Waals surface area contributed by atoms with E-state index in [1.165, 1.54) is 0 Å². The Labute approximate surface area is 234 Å². The average Bonchev–Trinajstić information content (AvgIpc) is 3.65. The number of carbonyl (C=O) groups excluding carboxylic acids is 2. The topological polar surface area (TPSA) is 101 Å². The molecule has 1 saturated carbocycles. The minimum atomic E-state index is -0.951. The zero-order chi connectivity index (χ0) is 28.5. The van der Waals surface area contributed by atoms with Gasteiger partial charge < -0.3 is 34.4 Å². The number of nitrogens with zero attached hydrogens (tertiary/aromatic N) is 2. The largest absolute Gasteiger partial charge is 0.493 e. The first kappa shape index (κ1) is 31.2. The Balaban J connectivity index is 1.70. The molecular formula is C30H49N3O6. The third-order valence-corrected chi connectivity index (χ3v) is 7.64. The zero-order valence-electron chi connectivity index (χ0n) is 24.7. The van der Waals surface area contributed by atoms with E-state index in [2.05, 4.69) is 5.32 Å². The third kappa shape index (κ3) is 8.82. The van der Waals surface area contributed by atoms with Crippen LogP contribution in [0, 0.1) is 17.8 Å². The smallest absolute Gasteiger partial charge is 0.254 e. The molecule has 0 aromatic heterocycles. The summed E-state index contributed by atoms with van der Waals surface area (Å²) in [4.78, 5) is 30.7. The minimum Gasteiger partial charge on any atom is -0.493 e. The van der Waals surface area contributed by atoms with Gasteiger partial charge in [-0.05, 0) is 69.1 Å². The number of rotatable bonds is 16. The van der Waals surface area contributed by atoms with Crippen molar-refractivity contribution in [3.05, 3.63) is 23.8 Å². The van der Waals surface area contributed by atoms with Crippen LogP contribution in [0.5, 0.6) is 11.5 Å². The van der Waals surface area contributed by atoms with Gasteiger partial charge in [0.25, 0.3) is 11.8 Å². The summed E-state index contributed by atoms with van der Waals surface area (Å²) < 4.78 is 16.4. The lowest BCUT2D eigenvalue weighted by Crippen LogP contribution is -2.47. The normalized spacial score (nSPS) is 19.8. The molecule has 9 nitrogen and oxygen atoms in total. The first-order valence-electron chi connectivity index (χ1n) is 14.5. The molecule has 1 aromatic carbocycles. The van der Waals surface area contributed by atoms with Crippen molar-refractivity contribution >= 4 is 11.8 Å².